The number of para-hydroxylation sites is 1. The second kappa shape index (κ2) is 8.40. The Morgan fingerprint density at radius 3 is 2.69 bits per heavy atom. The third-order valence-corrected chi connectivity index (χ3v) is 6.71. The van der Waals surface area contributed by atoms with Gasteiger partial charge in [0.2, 0.25) is 0 Å². The van der Waals surface area contributed by atoms with Crippen LogP contribution in [0.2, 0.25) is 0 Å². The molecule has 0 atom stereocenters. The van der Waals surface area contributed by atoms with E-state index < -0.39 is 0 Å². The van der Waals surface area contributed by atoms with Gasteiger partial charge in [0.15, 0.2) is 0 Å². The van der Waals surface area contributed by atoms with Gasteiger partial charge in [-0.2, -0.15) is 0 Å². The molecule has 0 amide bonds. The SMILES string of the molecule is [C-]#[N+]C(C#N)=C1C=C(C=Cc2ccc3c(c2)CCN3c2ccccc2)OC2(CCCC2)C1. The van der Waals surface area contributed by atoms with E-state index >= 15 is 0 Å². The maximum absolute atomic E-state index is 9.38. The molecule has 2 aromatic carbocycles. The lowest BCUT2D eigenvalue weighted by Crippen LogP contribution is -2.31. The zero-order valence-electron chi connectivity index (χ0n) is 18.1. The van der Waals surface area contributed by atoms with Crippen LogP contribution >= 0.6 is 0 Å². The van der Waals surface area contributed by atoms with Crippen LogP contribution in [0.15, 0.2) is 77.7 Å². The first-order chi connectivity index (χ1) is 15.7. The van der Waals surface area contributed by atoms with Gasteiger partial charge in [0.05, 0.1) is 12.6 Å². The lowest BCUT2D eigenvalue weighted by molar-refractivity contribution is 0.00776. The second-order valence-corrected chi connectivity index (χ2v) is 8.77. The Kier molecular flexibility index (Phi) is 5.29. The number of hydrogen-bond acceptors (Lipinski definition) is 3. The van der Waals surface area contributed by atoms with Crippen LogP contribution in [0.3, 0.4) is 0 Å². The quantitative estimate of drug-likeness (QED) is 0.410. The lowest BCUT2D eigenvalue weighted by Gasteiger charge is -2.35. The van der Waals surface area contributed by atoms with Crippen LogP contribution in [0.5, 0.6) is 0 Å². The number of nitriles is 1. The molecule has 1 aliphatic carbocycles. The highest BCUT2D eigenvalue weighted by Crippen LogP contribution is 2.44. The molecular formula is C28H25N3O. The lowest BCUT2D eigenvalue weighted by atomic mass is 9.88. The average Bonchev–Trinajstić information content (AvgIpc) is 3.45. The zero-order chi connectivity index (χ0) is 22.0. The van der Waals surface area contributed by atoms with Gasteiger partial charge >= 0.3 is 0 Å². The zero-order valence-corrected chi connectivity index (χ0v) is 18.1. The van der Waals surface area contributed by atoms with Crippen LogP contribution in [0.25, 0.3) is 10.9 Å². The van der Waals surface area contributed by atoms with Crippen molar-refractivity contribution < 1.29 is 4.74 Å². The van der Waals surface area contributed by atoms with Gasteiger partial charge in [-0.3, -0.25) is 0 Å². The van der Waals surface area contributed by atoms with Gasteiger partial charge in [-0.25, -0.2) is 10.1 Å². The summed E-state index contributed by atoms with van der Waals surface area (Å²) in [6, 6.07) is 19.2. The molecule has 0 saturated heterocycles. The van der Waals surface area contributed by atoms with Crippen molar-refractivity contribution in [1.29, 1.82) is 5.26 Å². The Labute approximate surface area is 189 Å². The Hall–Kier alpha value is -3.76. The van der Waals surface area contributed by atoms with E-state index in [-0.39, 0.29) is 11.3 Å². The van der Waals surface area contributed by atoms with Crippen molar-refractivity contribution in [3.63, 3.8) is 0 Å². The van der Waals surface area contributed by atoms with Gasteiger partial charge in [0, 0.05) is 24.3 Å². The normalized spacial score (nSPS) is 20.4. The molecule has 4 heteroatoms. The van der Waals surface area contributed by atoms with Crippen molar-refractivity contribution in [3.8, 4) is 6.07 Å². The van der Waals surface area contributed by atoms with Crippen molar-refractivity contribution in [3.05, 3.63) is 100 Å². The first-order valence-electron chi connectivity index (χ1n) is 11.2. The molecule has 0 bridgehead atoms. The first kappa shape index (κ1) is 20.2. The summed E-state index contributed by atoms with van der Waals surface area (Å²) in [6.07, 6.45) is 11.8. The third-order valence-electron chi connectivity index (χ3n) is 6.71. The van der Waals surface area contributed by atoms with E-state index in [2.05, 4.69) is 64.4 Å². The smallest absolute Gasteiger partial charge is 0.265 e. The Morgan fingerprint density at radius 1 is 1.12 bits per heavy atom. The van der Waals surface area contributed by atoms with Crippen LogP contribution in [-0.2, 0) is 11.2 Å². The summed E-state index contributed by atoms with van der Waals surface area (Å²) in [4.78, 5) is 5.81. The maximum Gasteiger partial charge on any atom is 0.265 e. The third kappa shape index (κ3) is 3.81. The highest BCUT2D eigenvalue weighted by atomic mass is 16.5. The molecule has 2 heterocycles. The molecule has 158 valence electrons. The summed E-state index contributed by atoms with van der Waals surface area (Å²) in [7, 11) is 0. The standard InChI is InChI=1S/C28H25N3O/c1-30-26(20-29)23-18-25(32-28(19-23)14-5-6-15-28)11-9-21-10-12-27-22(17-21)13-16-31(27)24-7-3-2-4-8-24/h2-4,7-12,17-18H,5-6,13-16,19H2. The van der Waals surface area contributed by atoms with E-state index in [1.807, 2.05) is 18.2 Å². The molecule has 3 aliphatic rings. The molecular weight excluding hydrogens is 394 g/mol. The number of nitrogens with zero attached hydrogens (tertiary/aromatic N) is 3. The molecule has 2 aromatic rings. The number of benzene rings is 2. The Bertz CT molecular complexity index is 1190. The van der Waals surface area contributed by atoms with Crippen molar-refractivity contribution in [2.45, 2.75) is 44.1 Å². The van der Waals surface area contributed by atoms with E-state index in [1.165, 1.54) is 16.9 Å². The van der Waals surface area contributed by atoms with Crippen LogP contribution in [0, 0.1) is 17.9 Å². The van der Waals surface area contributed by atoms with E-state index in [0.717, 1.165) is 55.5 Å². The molecule has 32 heavy (non-hydrogen) atoms. The van der Waals surface area contributed by atoms with Crippen LogP contribution in [0.1, 0.15) is 43.2 Å². The summed E-state index contributed by atoms with van der Waals surface area (Å²) in [5.41, 5.74) is 5.71. The second-order valence-electron chi connectivity index (χ2n) is 8.77. The van der Waals surface area contributed by atoms with Gasteiger partial charge in [-0.15, -0.1) is 0 Å². The highest BCUT2D eigenvalue weighted by Gasteiger charge is 2.39. The largest absolute Gasteiger partial charge is 0.487 e. The fraction of sp³-hybridized carbons (Fsp3) is 0.286. The highest BCUT2D eigenvalue weighted by molar-refractivity contribution is 5.72. The molecule has 0 N–H and O–H groups in total. The van der Waals surface area contributed by atoms with E-state index in [4.69, 9.17) is 11.3 Å². The molecule has 1 spiro atoms. The van der Waals surface area contributed by atoms with Gasteiger partial charge in [-0.05, 0) is 85.2 Å². The fourth-order valence-electron chi connectivity index (χ4n) is 5.17. The Balaban J connectivity index is 1.41. The van der Waals surface area contributed by atoms with Gasteiger partial charge in [0.25, 0.3) is 5.70 Å². The molecule has 1 saturated carbocycles. The molecule has 4 nitrogen and oxygen atoms in total. The summed E-state index contributed by atoms with van der Waals surface area (Å²) in [6.45, 7) is 8.35. The van der Waals surface area contributed by atoms with Crippen LogP contribution < -0.4 is 4.90 Å². The van der Waals surface area contributed by atoms with E-state index in [1.54, 1.807) is 0 Å². The molecule has 0 unspecified atom stereocenters. The van der Waals surface area contributed by atoms with Crippen molar-refractivity contribution in [2.75, 3.05) is 11.4 Å². The summed E-state index contributed by atoms with van der Waals surface area (Å²) >= 11 is 0. The maximum atomic E-state index is 9.38. The topological polar surface area (TPSA) is 40.6 Å². The molecule has 5 rings (SSSR count). The monoisotopic (exact) mass is 419 g/mol. The van der Waals surface area contributed by atoms with Gasteiger partial charge < -0.3 is 9.64 Å². The average molecular weight is 420 g/mol. The van der Waals surface area contributed by atoms with Gasteiger partial charge in [0.1, 0.15) is 11.4 Å². The van der Waals surface area contributed by atoms with Gasteiger partial charge in [-0.1, -0.05) is 30.3 Å². The van der Waals surface area contributed by atoms with Crippen LogP contribution in [0.4, 0.5) is 11.4 Å². The molecule has 1 fully saturated rings. The van der Waals surface area contributed by atoms with Crippen molar-refractivity contribution in [1.82, 2.24) is 0 Å². The minimum atomic E-state index is -0.259. The van der Waals surface area contributed by atoms with Crippen molar-refractivity contribution >= 4 is 17.5 Å². The minimum absolute atomic E-state index is 0.184. The number of anilines is 2. The van der Waals surface area contributed by atoms with Crippen LogP contribution in [-0.4, -0.2) is 12.1 Å². The molecule has 2 aliphatic heterocycles. The molecule has 0 aromatic heterocycles. The molecule has 0 radical (unpaired) electrons. The fourth-order valence-corrected chi connectivity index (χ4v) is 5.17. The summed E-state index contributed by atoms with van der Waals surface area (Å²) in [5, 5.41) is 9.38. The van der Waals surface area contributed by atoms with E-state index in [9.17, 15) is 5.26 Å². The number of fused-ring (bicyclic) bond motifs is 1. The Morgan fingerprint density at radius 2 is 1.94 bits per heavy atom. The number of rotatable bonds is 3. The number of ether oxygens (including phenoxy) is 1. The van der Waals surface area contributed by atoms with Crippen molar-refractivity contribution in [2.24, 2.45) is 0 Å². The van der Waals surface area contributed by atoms with E-state index in [0.29, 0.717) is 6.42 Å². The number of allylic oxidation sites excluding steroid dienone is 3. The summed E-state index contributed by atoms with van der Waals surface area (Å²) < 4.78 is 6.41. The minimum Gasteiger partial charge on any atom is -0.487 e. The predicted molar refractivity (Wildman–Crippen MR) is 127 cm³/mol. The predicted octanol–water partition coefficient (Wildman–Crippen LogP) is 6.71. The summed E-state index contributed by atoms with van der Waals surface area (Å²) in [5.74, 6) is 0.746. The first-order valence-corrected chi connectivity index (χ1v) is 11.2. The number of hydrogen-bond donors (Lipinski definition) is 0.